The molecule has 3 aliphatic heterocycles. The minimum atomic E-state index is -1.06. The second-order valence-corrected chi connectivity index (χ2v) is 11.1. The zero-order chi connectivity index (χ0) is 28.1. The molecule has 1 fully saturated rings. The van der Waals surface area contributed by atoms with Crippen molar-refractivity contribution in [1.29, 1.82) is 0 Å². The monoisotopic (exact) mass is 573 g/mol. The number of hydrogen-bond acceptors (Lipinski definition) is 7. The zero-order valence-corrected chi connectivity index (χ0v) is 23.1. The Morgan fingerprint density at radius 2 is 2.02 bits per heavy atom. The highest BCUT2D eigenvalue weighted by Gasteiger charge is 2.41. The molecule has 5 heterocycles. The largest absolute Gasteiger partial charge is 0.478 e. The van der Waals surface area contributed by atoms with Gasteiger partial charge in [0.2, 0.25) is 0 Å². The Morgan fingerprint density at radius 1 is 1.15 bits per heavy atom. The van der Waals surface area contributed by atoms with Crippen LogP contribution in [0.1, 0.15) is 47.2 Å². The van der Waals surface area contributed by atoms with Crippen molar-refractivity contribution in [2.75, 3.05) is 13.2 Å². The van der Waals surface area contributed by atoms with Crippen LogP contribution in [0.3, 0.4) is 0 Å². The number of pyridine rings is 1. The Labute approximate surface area is 241 Å². The standard InChI is InChI=1S/C31H28ClN3O6/c1-31(27-10-7-20(32)15-33-27)40-26-4-2-3-23(29(26)41-31)19-5-8-21(39-17-19)14-28-34-24-9-6-18(30(36)37)13-25(24)35(28)16-22-11-12-38-22/h2-7,9-10,13,15,21-22H,8,11-12,14,16-17H2,1H3,(H,36,37)/t21-,22-,31+/m0/s1. The van der Waals surface area contributed by atoms with Gasteiger partial charge in [-0.25, -0.2) is 9.78 Å². The topological polar surface area (TPSA) is 105 Å². The maximum Gasteiger partial charge on any atom is 0.335 e. The number of hydrogen-bond donors (Lipinski definition) is 1. The molecule has 2 aromatic heterocycles. The number of para-hydroxylation sites is 1. The van der Waals surface area contributed by atoms with Crippen LogP contribution >= 0.6 is 11.6 Å². The Hall–Kier alpha value is -3.92. The highest BCUT2D eigenvalue weighted by Crippen LogP contribution is 2.48. The van der Waals surface area contributed by atoms with Gasteiger partial charge < -0.3 is 28.6 Å². The van der Waals surface area contributed by atoms with Gasteiger partial charge in [0.15, 0.2) is 11.5 Å². The van der Waals surface area contributed by atoms with Gasteiger partial charge in [-0.15, -0.1) is 0 Å². The van der Waals surface area contributed by atoms with Crippen LogP contribution in [0.4, 0.5) is 0 Å². The number of ether oxygens (including phenoxy) is 4. The molecule has 1 saturated heterocycles. The molecule has 0 spiro atoms. The fourth-order valence-electron chi connectivity index (χ4n) is 5.57. The number of carbonyl (C=O) groups is 1. The van der Waals surface area contributed by atoms with Crippen molar-refractivity contribution in [3.05, 3.63) is 88.5 Å². The number of carboxylic acid groups (broad SMARTS) is 1. The minimum Gasteiger partial charge on any atom is -0.478 e. The van der Waals surface area contributed by atoms with Gasteiger partial charge >= 0.3 is 5.97 Å². The number of aromatic carboxylic acids is 1. The fraction of sp³-hybridized carbons (Fsp3) is 0.323. The Kier molecular flexibility index (Phi) is 6.45. The van der Waals surface area contributed by atoms with Gasteiger partial charge in [-0.2, -0.15) is 0 Å². The van der Waals surface area contributed by atoms with Gasteiger partial charge in [-0.3, -0.25) is 4.98 Å². The third-order valence-electron chi connectivity index (χ3n) is 7.88. The summed E-state index contributed by atoms with van der Waals surface area (Å²) in [6, 6.07) is 14.5. The van der Waals surface area contributed by atoms with Crippen LogP contribution < -0.4 is 9.47 Å². The SMILES string of the molecule is C[C@@]1(c2ccc(Cl)cn2)Oc2cccc(C3=CC[C@@H](Cc4nc5ccc(C(=O)O)cc5n4C[C@@H]4CCO4)OC3)c2O1. The van der Waals surface area contributed by atoms with Gasteiger partial charge in [0.25, 0.3) is 5.79 Å². The van der Waals surface area contributed by atoms with E-state index < -0.39 is 11.8 Å². The van der Waals surface area contributed by atoms with Crippen LogP contribution in [0.5, 0.6) is 11.5 Å². The van der Waals surface area contributed by atoms with Gasteiger partial charge in [0.1, 0.15) is 11.5 Å². The molecule has 7 rings (SSSR count). The molecule has 0 amide bonds. The molecule has 3 aliphatic rings. The summed E-state index contributed by atoms with van der Waals surface area (Å²) >= 11 is 6.02. The van der Waals surface area contributed by atoms with E-state index in [1.807, 2.05) is 25.1 Å². The number of fused-ring (bicyclic) bond motifs is 2. The van der Waals surface area contributed by atoms with E-state index in [0.29, 0.717) is 48.2 Å². The summed E-state index contributed by atoms with van der Waals surface area (Å²) in [6.45, 7) is 3.64. The lowest BCUT2D eigenvalue weighted by Crippen LogP contribution is -2.32. The molecular formula is C31H28ClN3O6. The lowest BCUT2D eigenvalue weighted by molar-refractivity contribution is -0.0719. The van der Waals surface area contributed by atoms with Gasteiger partial charge in [0.05, 0.1) is 47.0 Å². The van der Waals surface area contributed by atoms with Crippen molar-refractivity contribution in [3.8, 4) is 11.5 Å². The van der Waals surface area contributed by atoms with Gasteiger partial charge in [-0.1, -0.05) is 29.8 Å². The molecule has 4 aromatic rings. The van der Waals surface area contributed by atoms with Crippen molar-refractivity contribution in [2.45, 2.75) is 50.7 Å². The van der Waals surface area contributed by atoms with Crippen molar-refractivity contribution in [3.63, 3.8) is 0 Å². The van der Waals surface area contributed by atoms with Crippen LogP contribution in [-0.2, 0) is 28.2 Å². The average Bonchev–Trinajstić information content (AvgIpc) is 3.47. The van der Waals surface area contributed by atoms with Crippen LogP contribution in [0.15, 0.2) is 60.8 Å². The second kappa shape index (κ2) is 10.2. The average molecular weight is 574 g/mol. The quantitative estimate of drug-likeness (QED) is 0.303. The highest BCUT2D eigenvalue weighted by atomic mass is 35.5. The predicted molar refractivity (Wildman–Crippen MR) is 151 cm³/mol. The van der Waals surface area contributed by atoms with E-state index in [1.54, 1.807) is 36.5 Å². The number of halogens is 1. The number of benzene rings is 2. The van der Waals surface area contributed by atoms with Crippen LogP contribution in [0.2, 0.25) is 5.02 Å². The van der Waals surface area contributed by atoms with Crippen molar-refractivity contribution < 1.29 is 28.8 Å². The number of imidazole rings is 1. The molecule has 3 atom stereocenters. The second-order valence-electron chi connectivity index (χ2n) is 10.7. The molecule has 0 bridgehead atoms. The van der Waals surface area contributed by atoms with Crippen LogP contribution in [0, 0.1) is 0 Å². The molecule has 210 valence electrons. The molecule has 0 saturated carbocycles. The molecule has 9 nitrogen and oxygen atoms in total. The van der Waals surface area contributed by atoms with E-state index in [1.165, 1.54) is 0 Å². The molecule has 0 unspecified atom stereocenters. The van der Waals surface area contributed by atoms with Crippen molar-refractivity contribution >= 4 is 34.2 Å². The summed E-state index contributed by atoms with van der Waals surface area (Å²) in [5, 5.41) is 10.1. The summed E-state index contributed by atoms with van der Waals surface area (Å²) in [4.78, 5) is 20.9. The van der Waals surface area contributed by atoms with Crippen LogP contribution in [0.25, 0.3) is 16.6 Å². The van der Waals surface area contributed by atoms with E-state index >= 15 is 0 Å². The summed E-state index contributed by atoms with van der Waals surface area (Å²) in [7, 11) is 0. The number of aromatic nitrogens is 3. The summed E-state index contributed by atoms with van der Waals surface area (Å²) in [6.07, 6.45) is 6.06. The molecule has 0 aliphatic carbocycles. The summed E-state index contributed by atoms with van der Waals surface area (Å²) < 4.78 is 26.7. The molecule has 1 N–H and O–H groups in total. The van der Waals surface area contributed by atoms with Crippen LogP contribution in [-0.4, -0.2) is 51.0 Å². The first kappa shape index (κ1) is 26.0. The molecule has 10 heteroatoms. The number of carboxylic acids is 1. The summed E-state index contributed by atoms with van der Waals surface area (Å²) in [5.41, 5.74) is 4.39. The lowest BCUT2D eigenvalue weighted by Gasteiger charge is -2.28. The normalized spacial score (nSPS) is 23.3. The molecule has 41 heavy (non-hydrogen) atoms. The predicted octanol–water partition coefficient (Wildman–Crippen LogP) is 5.63. The molecular weight excluding hydrogens is 546 g/mol. The smallest absolute Gasteiger partial charge is 0.335 e. The third-order valence-corrected chi connectivity index (χ3v) is 8.11. The van der Waals surface area contributed by atoms with E-state index in [4.69, 9.17) is 35.5 Å². The minimum absolute atomic E-state index is 0.0759. The maximum absolute atomic E-state index is 11.6. The Morgan fingerprint density at radius 3 is 2.73 bits per heavy atom. The molecule has 0 radical (unpaired) electrons. The van der Waals surface area contributed by atoms with Crippen molar-refractivity contribution in [2.24, 2.45) is 0 Å². The Balaban J connectivity index is 1.11. The number of rotatable bonds is 7. The van der Waals surface area contributed by atoms with Gasteiger partial charge in [-0.05, 0) is 54.8 Å². The maximum atomic E-state index is 11.6. The first-order valence-electron chi connectivity index (χ1n) is 13.6. The fourth-order valence-corrected chi connectivity index (χ4v) is 5.68. The van der Waals surface area contributed by atoms with Crippen molar-refractivity contribution in [1.82, 2.24) is 14.5 Å². The first-order chi connectivity index (χ1) is 19.9. The third kappa shape index (κ3) is 4.84. The van der Waals surface area contributed by atoms with E-state index in [-0.39, 0.29) is 17.8 Å². The zero-order valence-electron chi connectivity index (χ0n) is 22.4. The highest BCUT2D eigenvalue weighted by molar-refractivity contribution is 6.30. The number of nitrogens with zero attached hydrogens (tertiary/aromatic N) is 3. The van der Waals surface area contributed by atoms with Gasteiger partial charge in [0, 0.05) is 31.7 Å². The van der Waals surface area contributed by atoms with E-state index in [9.17, 15) is 9.90 Å². The lowest BCUT2D eigenvalue weighted by atomic mass is 9.99. The van der Waals surface area contributed by atoms with E-state index in [2.05, 4.69) is 15.6 Å². The summed E-state index contributed by atoms with van der Waals surface area (Å²) in [5.74, 6) is 0.157. The Bertz CT molecular complexity index is 1680. The van der Waals surface area contributed by atoms with E-state index in [0.717, 1.165) is 41.0 Å². The molecule has 2 aromatic carbocycles. The first-order valence-corrected chi connectivity index (χ1v) is 14.0.